The van der Waals surface area contributed by atoms with Crippen LogP contribution in [0.1, 0.15) is 46.6 Å². The predicted octanol–water partition coefficient (Wildman–Crippen LogP) is 4.17. The highest BCUT2D eigenvalue weighted by molar-refractivity contribution is 7.09. The molecule has 21 heavy (non-hydrogen) atoms. The van der Waals surface area contributed by atoms with E-state index in [1.165, 1.54) is 21.6 Å². The van der Waals surface area contributed by atoms with Crippen LogP contribution in [-0.2, 0) is 0 Å². The molecule has 4 heteroatoms. The molecule has 0 saturated carbocycles. The Kier molecular flexibility index (Phi) is 5.37. The minimum atomic E-state index is 0.210. The fourth-order valence-electron chi connectivity index (χ4n) is 2.56. The molecule has 3 nitrogen and oxygen atoms in total. The van der Waals surface area contributed by atoms with E-state index in [1.807, 2.05) is 5.51 Å². The fourth-order valence-corrected chi connectivity index (χ4v) is 3.46. The molecule has 114 valence electrons. The number of methoxy groups -OCH3 is 1. The van der Waals surface area contributed by atoms with Gasteiger partial charge in [0.15, 0.2) is 0 Å². The van der Waals surface area contributed by atoms with Gasteiger partial charge < -0.3 is 10.1 Å². The van der Waals surface area contributed by atoms with E-state index >= 15 is 0 Å². The molecule has 2 rings (SSSR count). The number of rotatable bonds is 6. The number of thiazole rings is 1. The molecule has 1 unspecified atom stereocenters. The second-order valence-corrected chi connectivity index (χ2v) is 6.25. The molecule has 0 aliphatic rings. The van der Waals surface area contributed by atoms with Crippen molar-refractivity contribution in [2.75, 3.05) is 13.7 Å². The third-order valence-corrected chi connectivity index (χ3v) is 4.73. The van der Waals surface area contributed by atoms with Gasteiger partial charge in [-0.05, 0) is 56.5 Å². The lowest BCUT2D eigenvalue weighted by atomic mass is 9.96. The maximum atomic E-state index is 5.43. The monoisotopic (exact) mass is 304 g/mol. The van der Waals surface area contributed by atoms with Crippen molar-refractivity contribution in [3.63, 3.8) is 0 Å². The Morgan fingerprint density at radius 2 is 2.00 bits per heavy atom. The molecule has 0 spiro atoms. The highest BCUT2D eigenvalue weighted by Crippen LogP contribution is 2.33. The van der Waals surface area contributed by atoms with Crippen molar-refractivity contribution in [3.8, 4) is 5.75 Å². The van der Waals surface area contributed by atoms with Crippen LogP contribution in [0.15, 0.2) is 17.6 Å². The highest BCUT2D eigenvalue weighted by atomic mass is 32.1. The number of aryl methyl sites for hydroxylation is 3. The van der Waals surface area contributed by atoms with Gasteiger partial charge in [-0.25, -0.2) is 4.98 Å². The first-order valence-corrected chi connectivity index (χ1v) is 8.25. The van der Waals surface area contributed by atoms with Gasteiger partial charge in [-0.3, -0.25) is 0 Å². The Labute approximate surface area is 131 Å². The molecule has 1 N–H and O–H groups in total. The minimum Gasteiger partial charge on any atom is -0.496 e. The van der Waals surface area contributed by atoms with E-state index in [2.05, 4.69) is 50.1 Å². The minimum absolute atomic E-state index is 0.210. The lowest BCUT2D eigenvalue weighted by Crippen LogP contribution is -2.24. The van der Waals surface area contributed by atoms with Crippen molar-refractivity contribution in [2.45, 2.75) is 40.2 Å². The first kappa shape index (κ1) is 16.0. The molecule has 0 bridgehead atoms. The van der Waals surface area contributed by atoms with Crippen LogP contribution in [0.25, 0.3) is 0 Å². The molecule has 0 aliphatic heterocycles. The first-order valence-electron chi connectivity index (χ1n) is 7.37. The zero-order valence-corrected chi connectivity index (χ0v) is 14.3. The third kappa shape index (κ3) is 3.44. The Hall–Kier alpha value is -1.39. The number of ether oxygens (including phenoxy) is 1. The van der Waals surface area contributed by atoms with E-state index in [-0.39, 0.29) is 6.04 Å². The number of hydrogen-bond donors (Lipinski definition) is 1. The van der Waals surface area contributed by atoms with Gasteiger partial charge in [0.1, 0.15) is 5.75 Å². The Morgan fingerprint density at radius 1 is 1.24 bits per heavy atom. The van der Waals surface area contributed by atoms with Gasteiger partial charge in [-0.2, -0.15) is 0 Å². The average Bonchev–Trinajstić information content (AvgIpc) is 2.88. The molecular weight excluding hydrogens is 280 g/mol. The summed E-state index contributed by atoms with van der Waals surface area (Å²) < 4.78 is 5.43. The summed E-state index contributed by atoms with van der Waals surface area (Å²) in [7, 11) is 1.72. The van der Waals surface area contributed by atoms with Gasteiger partial charge in [0.25, 0.3) is 0 Å². The second kappa shape index (κ2) is 7.05. The van der Waals surface area contributed by atoms with Crippen LogP contribution in [-0.4, -0.2) is 18.6 Å². The van der Waals surface area contributed by atoms with Crippen molar-refractivity contribution in [1.29, 1.82) is 0 Å². The SMILES string of the molecule is CCCNC(c1cc(C)c(OC)cc1C)c1scnc1C. The number of benzene rings is 1. The summed E-state index contributed by atoms with van der Waals surface area (Å²) in [5.41, 5.74) is 6.77. The Bertz CT molecular complexity index is 607. The molecule has 1 aromatic carbocycles. The number of aromatic nitrogens is 1. The molecular formula is C17H24N2OS. The summed E-state index contributed by atoms with van der Waals surface area (Å²) in [5, 5.41) is 3.66. The molecule has 2 aromatic rings. The number of nitrogens with one attached hydrogen (secondary N) is 1. The predicted molar refractivity (Wildman–Crippen MR) is 89.5 cm³/mol. The maximum Gasteiger partial charge on any atom is 0.122 e. The van der Waals surface area contributed by atoms with Crippen LogP contribution in [0, 0.1) is 20.8 Å². The van der Waals surface area contributed by atoms with Crippen LogP contribution in [0.4, 0.5) is 0 Å². The number of hydrogen-bond acceptors (Lipinski definition) is 4. The summed E-state index contributed by atoms with van der Waals surface area (Å²) in [6.07, 6.45) is 1.11. The topological polar surface area (TPSA) is 34.1 Å². The van der Waals surface area contributed by atoms with Gasteiger partial charge in [0.2, 0.25) is 0 Å². The largest absolute Gasteiger partial charge is 0.496 e. The molecule has 0 saturated heterocycles. The van der Waals surface area contributed by atoms with Crippen LogP contribution in [0.3, 0.4) is 0 Å². The Balaban J connectivity index is 2.46. The van der Waals surface area contributed by atoms with Crippen molar-refractivity contribution < 1.29 is 4.74 Å². The van der Waals surface area contributed by atoms with Gasteiger partial charge in [-0.15, -0.1) is 11.3 Å². The van der Waals surface area contributed by atoms with E-state index in [0.29, 0.717) is 0 Å². The first-order chi connectivity index (χ1) is 10.1. The number of nitrogens with zero attached hydrogens (tertiary/aromatic N) is 1. The van der Waals surface area contributed by atoms with E-state index in [9.17, 15) is 0 Å². The van der Waals surface area contributed by atoms with Gasteiger partial charge >= 0.3 is 0 Å². The molecule has 1 heterocycles. The van der Waals surface area contributed by atoms with Gasteiger partial charge in [-0.1, -0.05) is 13.0 Å². The van der Waals surface area contributed by atoms with Crippen LogP contribution >= 0.6 is 11.3 Å². The van der Waals surface area contributed by atoms with Crippen molar-refractivity contribution in [3.05, 3.63) is 44.9 Å². The lowest BCUT2D eigenvalue weighted by molar-refractivity contribution is 0.411. The van der Waals surface area contributed by atoms with Crippen LogP contribution < -0.4 is 10.1 Å². The molecule has 1 aromatic heterocycles. The summed E-state index contributed by atoms with van der Waals surface area (Å²) in [6.45, 7) is 9.51. The van der Waals surface area contributed by atoms with E-state index in [4.69, 9.17) is 4.74 Å². The van der Waals surface area contributed by atoms with Crippen molar-refractivity contribution >= 4 is 11.3 Å². The van der Waals surface area contributed by atoms with Crippen LogP contribution in [0.2, 0.25) is 0 Å². The maximum absolute atomic E-state index is 5.43. The standard InChI is InChI=1S/C17H24N2OS/c1-6-7-18-16(17-13(4)19-10-21-17)14-8-12(3)15(20-5)9-11(14)2/h8-10,16,18H,6-7H2,1-5H3. The second-order valence-electron chi connectivity index (χ2n) is 5.37. The summed E-state index contributed by atoms with van der Waals surface area (Å²) in [5.74, 6) is 0.950. The van der Waals surface area contributed by atoms with E-state index < -0.39 is 0 Å². The summed E-state index contributed by atoms with van der Waals surface area (Å²) in [6, 6.07) is 4.57. The van der Waals surface area contributed by atoms with Gasteiger partial charge in [0.05, 0.1) is 24.4 Å². The van der Waals surface area contributed by atoms with Crippen molar-refractivity contribution in [2.24, 2.45) is 0 Å². The zero-order chi connectivity index (χ0) is 15.4. The average molecular weight is 304 g/mol. The van der Waals surface area contributed by atoms with Gasteiger partial charge in [0, 0.05) is 4.88 Å². The highest BCUT2D eigenvalue weighted by Gasteiger charge is 2.20. The van der Waals surface area contributed by atoms with Crippen molar-refractivity contribution in [1.82, 2.24) is 10.3 Å². The van der Waals surface area contributed by atoms with E-state index in [0.717, 1.165) is 24.4 Å². The molecule has 0 fully saturated rings. The normalized spacial score (nSPS) is 12.4. The molecule has 0 aliphatic carbocycles. The molecule has 1 atom stereocenters. The molecule has 0 amide bonds. The lowest BCUT2D eigenvalue weighted by Gasteiger charge is -2.22. The fraction of sp³-hybridized carbons (Fsp3) is 0.471. The summed E-state index contributed by atoms with van der Waals surface area (Å²) in [4.78, 5) is 5.71. The third-order valence-electron chi connectivity index (χ3n) is 3.74. The smallest absolute Gasteiger partial charge is 0.122 e. The van der Waals surface area contributed by atoms with E-state index in [1.54, 1.807) is 18.4 Å². The molecule has 0 radical (unpaired) electrons. The quantitative estimate of drug-likeness (QED) is 0.870. The summed E-state index contributed by atoms with van der Waals surface area (Å²) >= 11 is 1.72. The van der Waals surface area contributed by atoms with Crippen LogP contribution in [0.5, 0.6) is 5.75 Å². The Morgan fingerprint density at radius 3 is 2.57 bits per heavy atom. The zero-order valence-electron chi connectivity index (χ0n) is 13.5.